The fraction of sp³-hybridized carbons (Fsp3) is 0.774. The summed E-state index contributed by atoms with van der Waals surface area (Å²) in [7, 11) is 0. The van der Waals surface area contributed by atoms with E-state index in [2.05, 4.69) is 24.4 Å². The molecule has 0 radical (unpaired) electrons. The van der Waals surface area contributed by atoms with Gasteiger partial charge in [-0.25, -0.2) is 4.79 Å². The molecule has 0 unspecified atom stereocenters. The molecule has 1 amide bonds. The van der Waals surface area contributed by atoms with Gasteiger partial charge in [0, 0.05) is 6.54 Å². The predicted molar refractivity (Wildman–Crippen MR) is 149 cm³/mol. The van der Waals surface area contributed by atoms with Crippen molar-refractivity contribution in [2.24, 2.45) is 5.92 Å². The van der Waals surface area contributed by atoms with E-state index >= 15 is 0 Å². The molecule has 0 fully saturated rings. The zero-order valence-corrected chi connectivity index (χ0v) is 23.4. The second-order valence-corrected chi connectivity index (χ2v) is 11.1. The van der Waals surface area contributed by atoms with Gasteiger partial charge in [-0.1, -0.05) is 127 Å². The third-order valence-corrected chi connectivity index (χ3v) is 6.36. The van der Waals surface area contributed by atoms with Crippen molar-refractivity contribution >= 4 is 6.09 Å². The van der Waals surface area contributed by atoms with Gasteiger partial charge >= 0.3 is 6.09 Å². The lowest BCUT2D eigenvalue weighted by atomic mass is 10.00. The molecule has 1 aromatic carbocycles. The summed E-state index contributed by atoms with van der Waals surface area (Å²) in [6, 6.07) is 10.3. The number of unbranched alkanes of at least 4 members (excludes halogenated alkanes) is 13. The molecule has 0 saturated heterocycles. The Morgan fingerprint density at radius 2 is 1.31 bits per heavy atom. The molecule has 202 valence electrons. The molecule has 4 heteroatoms. The summed E-state index contributed by atoms with van der Waals surface area (Å²) < 4.78 is 11.4. The minimum atomic E-state index is -0.474. The Kier molecular flexibility index (Phi) is 18.5. The number of ether oxygens (including phenoxy) is 2. The van der Waals surface area contributed by atoms with Crippen LogP contribution in [0.2, 0.25) is 0 Å². The van der Waals surface area contributed by atoms with Crippen LogP contribution in [0.1, 0.15) is 130 Å². The number of benzene rings is 1. The third-order valence-electron chi connectivity index (χ3n) is 6.36. The van der Waals surface area contributed by atoms with E-state index in [-0.39, 0.29) is 6.09 Å². The highest BCUT2D eigenvalue weighted by atomic mass is 16.6. The molecule has 1 aromatic rings. The van der Waals surface area contributed by atoms with Gasteiger partial charge in [-0.3, -0.25) is 0 Å². The van der Waals surface area contributed by atoms with Crippen molar-refractivity contribution < 1.29 is 14.3 Å². The Hall–Kier alpha value is -1.55. The molecule has 0 aromatic heterocycles. The number of alkyl carbamates (subject to hydrolysis) is 1. The van der Waals surface area contributed by atoms with Crippen molar-refractivity contribution in [2.75, 3.05) is 13.2 Å². The largest absolute Gasteiger partial charge is 0.444 e. The summed E-state index contributed by atoms with van der Waals surface area (Å²) in [5.41, 5.74) is 0.709. The van der Waals surface area contributed by atoms with Crippen LogP contribution in [-0.4, -0.2) is 24.8 Å². The normalized spacial score (nSPS) is 12.5. The lowest BCUT2D eigenvalue weighted by molar-refractivity contribution is 0.0479. The van der Waals surface area contributed by atoms with Gasteiger partial charge < -0.3 is 14.8 Å². The number of amides is 1. The number of carbonyl (C=O) groups is 1. The highest BCUT2D eigenvalue weighted by Gasteiger charge is 2.17. The van der Waals surface area contributed by atoms with E-state index < -0.39 is 5.60 Å². The smallest absolute Gasteiger partial charge is 0.407 e. The van der Waals surface area contributed by atoms with Crippen molar-refractivity contribution in [1.29, 1.82) is 0 Å². The van der Waals surface area contributed by atoms with Crippen LogP contribution in [0.25, 0.3) is 0 Å². The minimum Gasteiger partial charge on any atom is -0.444 e. The Balaban J connectivity index is 2.15. The maximum absolute atomic E-state index is 12.1. The van der Waals surface area contributed by atoms with Gasteiger partial charge in [0.25, 0.3) is 0 Å². The average Bonchev–Trinajstić information content (AvgIpc) is 2.82. The van der Waals surface area contributed by atoms with Crippen LogP contribution < -0.4 is 5.32 Å². The van der Waals surface area contributed by atoms with Crippen molar-refractivity contribution in [1.82, 2.24) is 5.32 Å². The predicted octanol–water partition coefficient (Wildman–Crippen LogP) is 9.22. The Morgan fingerprint density at radius 1 is 0.800 bits per heavy atom. The molecule has 0 bridgehead atoms. The van der Waals surface area contributed by atoms with Crippen LogP contribution in [0.15, 0.2) is 30.3 Å². The van der Waals surface area contributed by atoms with Crippen molar-refractivity contribution in [2.45, 2.75) is 136 Å². The number of nitrogens with one attached hydrogen (secondary N) is 1. The molecule has 0 heterocycles. The van der Waals surface area contributed by atoms with E-state index in [9.17, 15) is 4.79 Å². The fourth-order valence-electron chi connectivity index (χ4n) is 4.33. The van der Waals surface area contributed by atoms with Gasteiger partial charge in [-0.15, -0.1) is 0 Å². The molecule has 35 heavy (non-hydrogen) atoms. The van der Waals surface area contributed by atoms with Crippen LogP contribution in [0.4, 0.5) is 4.79 Å². The lowest BCUT2D eigenvalue weighted by Crippen LogP contribution is -2.36. The Labute approximate surface area is 216 Å². The van der Waals surface area contributed by atoms with E-state index in [4.69, 9.17) is 9.47 Å². The number of rotatable bonds is 21. The third kappa shape index (κ3) is 20.4. The number of hydrogen-bond acceptors (Lipinski definition) is 3. The van der Waals surface area contributed by atoms with Crippen molar-refractivity contribution in [3.8, 4) is 0 Å². The fourth-order valence-corrected chi connectivity index (χ4v) is 4.33. The van der Waals surface area contributed by atoms with Gasteiger partial charge in [-0.05, 0) is 38.7 Å². The molecular formula is C31H55NO3. The maximum atomic E-state index is 12.1. The summed E-state index contributed by atoms with van der Waals surface area (Å²) in [6.07, 6.45) is 19.9. The summed E-state index contributed by atoms with van der Waals surface area (Å²) in [4.78, 5) is 12.1. The molecule has 1 atom stereocenters. The first-order chi connectivity index (χ1) is 16.9. The topological polar surface area (TPSA) is 47.6 Å². The van der Waals surface area contributed by atoms with E-state index in [0.29, 0.717) is 25.7 Å². The summed E-state index contributed by atoms with van der Waals surface area (Å²) >= 11 is 0. The highest BCUT2D eigenvalue weighted by molar-refractivity contribution is 5.67. The van der Waals surface area contributed by atoms with E-state index in [1.165, 1.54) is 95.5 Å². The average molecular weight is 490 g/mol. The molecule has 0 aliphatic heterocycles. The zero-order valence-electron chi connectivity index (χ0n) is 23.4. The van der Waals surface area contributed by atoms with Gasteiger partial charge in [-0.2, -0.15) is 0 Å². The molecule has 0 saturated carbocycles. The van der Waals surface area contributed by atoms with Gasteiger partial charge in [0.1, 0.15) is 5.60 Å². The molecule has 1 N–H and O–H groups in total. The van der Waals surface area contributed by atoms with E-state index in [0.717, 1.165) is 6.42 Å². The number of hydrogen-bond donors (Lipinski definition) is 1. The molecule has 0 spiro atoms. The standard InChI is InChI=1S/C31H55NO3/c1-5-6-7-8-9-10-11-12-13-14-15-16-17-19-24-29(25-32-30(33)35-31(2,3)4)27-34-26-28-22-20-18-21-23-28/h18,20-23,29H,5-17,19,24-27H2,1-4H3,(H,32,33)/t29-/m1/s1. The van der Waals surface area contributed by atoms with Gasteiger partial charge in [0.2, 0.25) is 0 Å². The highest BCUT2D eigenvalue weighted by Crippen LogP contribution is 2.16. The first-order valence-corrected chi connectivity index (χ1v) is 14.5. The lowest BCUT2D eigenvalue weighted by Gasteiger charge is -2.22. The quantitative estimate of drug-likeness (QED) is 0.175. The second-order valence-electron chi connectivity index (χ2n) is 11.1. The molecule has 0 aliphatic carbocycles. The first-order valence-electron chi connectivity index (χ1n) is 14.5. The van der Waals surface area contributed by atoms with Gasteiger partial charge in [0.05, 0.1) is 13.2 Å². The minimum absolute atomic E-state index is 0.309. The monoisotopic (exact) mass is 489 g/mol. The maximum Gasteiger partial charge on any atom is 0.407 e. The van der Waals surface area contributed by atoms with Crippen LogP contribution in [0, 0.1) is 5.92 Å². The van der Waals surface area contributed by atoms with Crippen molar-refractivity contribution in [3.05, 3.63) is 35.9 Å². The van der Waals surface area contributed by atoms with Crippen LogP contribution in [-0.2, 0) is 16.1 Å². The van der Waals surface area contributed by atoms with Crippen LogP contribution in [0.3, 0.4) is 0 Å². The second kappa shape index (κ2) is 20.6. The molecular weight excluding hydrogens is 434 g/mol. The van der Waals surface area contributed by atoms with Crippen LogP contribution >= 0.6 is 0 Å². The zero-order chi connectivity index (χ0) is 25.6. The SMILES string of the molecule is CCCCCCCCCCCCCCCC[C@H](CNC(=O)OC(C)(C)C)COCc1ccccc1. The molecule has 4 nitrogen and oxygen atoms in total. The van der Waals surface area contributed by atoms with E-state index in [1.54, 1.807) is 0 Å². The Morgan fingerprint density at radius 3 is 1.83 bits per heavy atom. The van der Waals surface area contributed by atoms with E-state index in [1.807, 2.05) is 39.0 Å². The van der Waals surface area contributed by atoms with Crippen LogP contribution in [0.5, 0.6) is 0 Å². The Bertz CT molecular complexity index is 611. The molecule has 1 rings (SSSR count). The number of carbonyl (C=O) groups excluding carboxylic acids is 1. The summed E-state index contributed by atoms with van der Waals surface area (Å²) in [5, 5.41) is 2.95. The first kappa shape index (κ1) is 31.5. The molecule has 0 aliphatic rings. The van der Waals surface area contributed by atoms with Crippen molar-refractivity contribution in [3.63, 3.8) is 0 Å². The summed E-state index contributed by atoms with van der Waals surface area (Å²) in [5.74, 6) is 0.309. The van der Waals surface area contributed by atoms with Gasteiger partial charge in [0.15, 0.2) is 0 Å². The summed E-state index contributed by atoms with van der Waals surface area (Å²) in [6.45, 7) is 9.82.